The van der Waals surface area contributed by atoms with Gasteiger partial charge in [-0.1, -0.05) is 0 Å². The maximum absolute atomic E-state index is 11.1. The lowest BCUT2D eigenvalue weighted by Gasteiger charge is -1.97. The molecule has 0 spiro atoms. The van der Waals surface area contributed by atoms with Gasteiger partial charge in [0.15, 0.2) is 0 Å². The SMILES string of the molecule is Cc1sc(N)c(C(=O)O)c1-c1nccs1. The van der Waals surface area contributed by atoms with Crippen LogP contribution in [0.4, 0.5) is 5.00 Å². The van der Waals surface area contributed by atoms with Crippen molar-refractivity contribution in [3.8, 4) is 10.6 Å². The molecular weight excluding hydrogens is 232 g/mol. The first kappa shape index (κ1) is 10.1. The molecule has 4 nitrogen and oxygen atoms in total. The molecule has 0 saturated carbocycles. The summed E-state index contributed by atoms with van der Waals surface area (Å²) in [5.74, 6) is -0.998. The number of thiophene rings is 1. The van der Waals surface area contributed by atoms with Crippen LogP contribution < -0.4 is 5.73 Å². The van der Waals surface area contributed by atoms with Gasteiger partial charge in [-0.25, -0.2) is 9.78 Å². The number of nitrogen functional groups attached to an aromatic ring is 1. The van der Waals surface area contributed by atoms with Gasteiger partial charge in [-0.2, -0.15) is 0 Å². The van der Waals surface area contributed by atoms with Crippen molar-refractivity contribution in [1.29, 1.82) is 0 Å². The van der Waals surface area contributed by atoms with Crippen LogP contribution in [0.5, 0.6) is 0 Å². The van der Waals surface area contributed by atoms with Crippen molar-refractivity contribution in [3.05, 3.63) is 22.0 Å². The highest BCUT2D eigenvalue weighted by atomic mass is 32.1. The molecule has 6 heteroatoms. The highest BCUT2D eigenvalue weighted by molar-refractivity contribution is 7.18. The van der Waals surface area contributed by atoms with Gasteiger partial charge in [-0.3, -0.25) is 0 Å². The number of anilines is 1. The minimum Gasteiger partial charge on any atom is -0.478 e. The summed E-state index contributed by atoms with van der Waals surface area (Å²) in [5, 5.41) is 11.9. The standard InChI is InChI=1S/C9H8N2O2S2/c1-4-5(8-11-2-3-14-8)6(9(12)13)7(10)15-4/h2-3H,10H2,1H3,(H,12,13). The van der Waals surface area contributed by atoms with Crippen LogP contribution in [0.15, 0.2) is 11.6 Å². The molecule has 0 aliphatic carbocycles. The lowest BCUT2D eigenvalue weighted by atomic mass is 10.1. The highest BCUT2D eigenvalue weighted by Crippen LogP contribution is 2.38. The van der Waals surface area contributed by atoms with Crippen molar-refractivity contribution in [2.24, 2.45) is 0 Å². The van der Waals surface area contributed by atoms with Crippen LogP contribution in [-0.2, 0) is 0 Å². The number of hydrogen-bond donors (Lipinski definition) is 2. The Kier molecular flexibility index (Phi) is 2.45. The summed E-state index contributed by atoms with van der Waals surface area (Å²) in [5.41, 5.74) is 6.49. The summed E-state index contributed by atoms with van der Waals surface area (Å²) in [6.45, 7) is 1.85. The van der Waals surface area contributed by atoms with Gasteiger partial charge in [-0.05, 0) is 6.92 Å². The maximum Gasteiger partial charge on any atom is 0.339 e. The van der Waals surface area contributed by atoms with Crippen LogP contribution >= 0.6 is 22.7 Å². The Morgan fingerprint density at radius 3 is 2.87 bits per heavy atom. The van der Waals surface area contributed by atoms with Crippen molar-refractivity contribution in [1.82, 2.24) is 4.98 Å². The van der Waals surface area contributed by atoms with Crippen molar-refractivity contribution < 1.29 is 9.90 Å². The summed E-state index contributed by atoms with van der Waals surface area (Å²) in [6.07, 6.45) is 1.65. The minimum atomic E-state index is -0.998. The number of thiazole rings is 1. The average Bonchev–Trinajstić information content (AvgIpc) is 2.71. The van der Waals surface area contributed by atoms with Gasteiger partial charge in [0.2, 0.25) is 0 Å². The zero-order valence-electron chi connectivity index (χ0n) is 7.85. The summed E-state index contributed by atoms with van der Waals surface area (Å²) >= 11 is 2.70. The molecule has 0 aliphatic rings. The van der Waals surface area contributed by atoms with E-state index in [9.17, 15) is 4.79 Å². The van der Waals surface area contributed by atoms with Gasteiger partial charge in [0.05, 0.1) is 0 Å². The Morgan fingerprint density at radius 2 is 2.33 bits per heavy atom. The molecule has 2 aromatic rings. The molecule has 0 saturated heterocycles. The average molecular weight is 240 g/mol. The maximum atomic E-state index is 11.1. The van der Waals surface area contributed by atoms with Crippen molar-refractivity contribution >= 4 is 33.6 Å². The number of aromatic nitrogens is 1. The van der Waals surface area contributed by atoms with Crippen molar-refractivity contribution in [3.63, 3.8) is 0 Å². The Labute approximate surface area is 94.0 Å². The molecular formula is C9H8N2O2S2. The third kappa shape index (κ3) is 1.62. The van der Waals surface area contributed by atoms with E-state index in [1.165, 1.54) is 22.7 Å². The third-order valence-corrected chi connectivity index (χ3v) is 3.70. The molecule has 0 unspecified atom stereocenters. The molecule has 15 heavy (non-hydrogen) atoms. The molecule has 3 N–H and O–H groups in total. The van der Waals surface area contributed by atoms with Gasteiger partial charge >= 0.3 is 5.97 Å². The van der Waals surface area contributed by atoms with Crippen molar-refractivity contribution in [2.75, 3.05) is 5.73 Å². The Balaban J connectivity index is 2.70. The monoisotopic (exact) mass is 240 g/mol. The summed E-state index contributed by atoms with van der Waals surface area (Å²) in [7, 11) is 0. The lowest BCUT2D eigenvalue weighted by Crippen LogP contribution is -2.00. The van der Waals surface area contributed by atoms with E-state index < -0.39 is 5.97 Å². The number of aryl methyl sites for hydroxylation is 1. The molecule has 0 atom stereocenters. The van der Waals surface area contributed by atoms with Crippen LogP contribution in [-0.4, -0.2) is 16.1 Å². The first-order valence-electron chi connectivity index (χ1n) is 4.13. The van der Waals surface area contributed by atoms with E-state index in [4.69, 9.17) is 10.8 Å². The van der Waals surface area contributed by atoms with E-state index in [1.54, 1.807) is 6.20 Å². The molecule has 78 valence electrons. The van der Waals surface area contributed by atoms with E-state index in [0.29, 0.717) is 15.6 Å². The minimum absolute atomic E-state index is 0.174. The topological polar surface area (TPSA) is 76.2 Å². The number of carboxylic acids is 1. The zero-order valence-corrected chi connectivity index (χ0v) is 9.48. The fourth-order valence-corrected chi connectivity index (χ4v) is 3.12. The fourth-order valence-electron chi connectivity index (χ4n) is 1.38. The van der Waals surface area contributed by atoms with Gasteiger partial charge in [-0.15, -0.1) is 22.7 Å². The van der Waals surface area contributed by atoms with E-state index in [0.717, 1.165) is 4.88 Å². The van der Waals surface area contributed by atoms with E-state index in [-0.39, 0.29) is 5.56 Å². The quantitative estimate of drug-likeness (QED) is 0.845. The van der Waals surface area contributed by atoms with Gasteiger partial charge in [0.25, 0.3) is 0 Å². The summed E-state index contributed by atoms with van der Waals surface area (Å²) in [6, 6.07) is 0. The Morgan fingerprint density at radius 1 is 1.60 bits per heavy atom. The van der Waals surface area contributed by atoms with Crippen LogP contribution in [0.25, 0.3) is 10.6 Å². The molecule has 0 radical (unpaired) electrons. The van der Waals surface area contributed by atoms with E-state index in [2.05, 4.69) is 4.98 Å². The number of carbonyl (C=O) groups is 1. The van der Waals surface area contributed by atoms with Gasteiger partial charge in [0, 0.05) is 22.0 Å². The van der Waals surface area contributed by atoms with Crippen LogP contribution in [0, 0.1) is 6.92 Å². The molecule has 2 rings (SSSR count). The molecule has 0 fully saturated rings. The zero-order chi connectivity index (χ0) is 11.0. The largest absolute Gasteiger partial charge is 0.478 e. The number of carboxylic acid groups (broad SMARTS) is 1. The van der Waals surface area contributed by atoms with E-state index >= 15 is 0 Å². The second-order valence-electron chi connectivity index (χ2n) is 2.91. The lowest BCUT2D eigenvalue weighted by molar-refractivity contribution is 0.0699. The summed E-state index contributed by atoms with van der Waals surface area (Å²) < 4.78 is 0. The first-order valence-corrected chi connectivity index (χ1v) is 5.83. The number of rotatable bonds is 2. The fraction of sp³-hybridized carbons (Fsp3) is 0.111. The Bertz CT molecular complexity index is 502. The number of nitrogens with two attached hydrogens (primary N) is 1. The third-order valence-electron chi connectivity index (χ3n) is 1.97. The number of nitrogens with zero attached hydrogens (tertiary/aromatic N) is 1. The second-order valence-corrected chi connectivity index (χ2v) is 5.07. The van der Waals surface area contributed by atoms with Crippen LogP contribution in [0.2, 0.25) is 0 Å². The molecule has 0 amide bonds. The summed E-state index contributed by atoms with van der Waals surface area (Å²) in [4.78, 5) is 16.1. The van der Waals surface area contributed by atoms with Gasteiger partial charge < -0.3 is 10.8 Å². The van der Waals surface area contributed by atoms with Crippen LogP contribution in [0.1, 0.15) is 15.2 Å². The number of aromatic carboxylic acids is 1. The van der Waals surface area contributed by atoms with Crippen LogP contribution in [0.3, 0.4) is 0 Å². The molecule has 0 aliphatic heterocycles. The molecule has 0 bridgehead atoms. The highest BCUT2D eigenvalue weighted by Gasteiger charge is 2.22. The van der Waals surface area contributed by atoms with E-state index in [1.807, 2.05) is 12.3 Å². The normalized spacial score (nSPS) is 10.5. The molecule has 2 aromatic heterocycles. The van der Waals surface area contributed by atoms with Crippen molar-refractivity contribution in [2.45, 2.75) is 6.92 Å². The van der Waals surface area contributed by atoms with Gasteiger partial charge in [0.1, 0.15) is 15.6 Å². The Hall–Kier alpha value is -1.40. The molecule has 0 aromatic carbocycles. The predicted molar refractivity (Wildman–Crippen MR) is 61.5 cm³/mol. The smallest absolute Gasteiger partial charge is 0.339 e. The first-order chi connectivity index (χ1) is 7.11. The second kappa shape index (κ2) is 3.63. The predicted octanol–water partition coefficient (Wildman–Crippen LogP) is 2.46. The number of hydrogen-bond acceptors (Lipinski definition) is 5. The molecule has 2 heterocycles.